The molecule has 0 aliphatic rings. The molecule has 0 saturated heterocycles. The molecule has 1 N–H and O–H groups in total. The fraction of sp³-hybridized carbons (Fsp3) is 0.417. The first-order valence-electron chi connectivity index (χ1n) is 5.31. The third-order valence-electron chi connectivity index (χ3n) is 2.39. The molecule has 94 valence electrons. The Morgan fingerprint density at radius 2 is 1.71 bits per heavy atom. The summed E-state index contributed by atoms with van der Waals surface area (Å²) in [6.45, 7) is 5.97. The second-order valence-electron chi connectivity index (χ2n) is 4.79. The van der Waals surface area contributed by atoms with Gasteiger partial charge in [0, 0.05) is 0 Å². The molecule has 0 aliphatic carbocycles. The third kappa shape index (κ3) is 3.64. The normalized spacial score (nSPS) is 12.4. The molecule has 1 rings (SSSR count). The zero-order valence-electron chi connectivity index (χ0n) is 10.2. The van der Waals surface area contributed by atoms with Crippen molar-refractivity contribution in [2.75, 3.05) is 6.54 Å². The molecular formula is C12H17NO3S. The minimum absolute atomic E-state index is 0.0154. The maximum Gasteiger partial charge on any atom is 0.240 e. The largest absolute Gasteiger partial charge is 0.302 e. The molecule has 17 heavy (non-hydrogen) atoms. The Morgan fingerprint density at radius 3 is 2.12 bits per heavy atom. The molecule has 0 atom stereocenters. The molecule has 0 aromatic heterocycles. The Balaban J connectivity index is 2.99. The molecule has 0 bridgehead atoms. The second-order valence-corrected chi connectivity index (χ2v) is 6.56. The first-order chi connectivity index (χ1) is 7.77. The predicted octanol–water partition coefficient (Wildman–Crippen LogP) is 1.46. The van der Waals surface area contributed by atoms with Crippen molar-refractivity contribution in [3.8, 4) is 0 Å². The summed E-state index contributed by atoms with van der Waals surface area (Å²) in [4.78, 5) is 10.3. The highest BCUT2D eigenvalue weighted by Gasteiger charge is 2.16. The van der Waals surface area contributed by atoms with Gasteiger partial charge in [-0.2, -0.15) is 0 Å². The van der Waals surface area contributed by atoms with Crippen molar-refractivity contribution in [3.63, 3.8) is 0 Å². The summed E-state index contributed by atoms with van der Waals surface area (Å²) in [5.74, 6) is 0. The fourth-order valence-electron chi connectivity index (χ4n) is 1.36. The average Bonchev–Trinajstić information content (AvgIpc) is 2.25. The van der Waals surface area contributed by atoms with Gasteiger partial charge < -0.3 is 4.79 Å². The number of hydrogen-bond donors (Lipinski definition) is 1. The monoisotopic (exact) mass is 255 g/mol. The SMILES string of the molecule is CC(C)(C)c1ccc(S(=O)(=O)NCC=O)cc1. The molecular weight excluding hydrogens is 238 g/mol. The minimum Gasteiger partial charge on any atom is -0.302 e. The van der Waals surface area contributed by atoms with Crippen molar-refractivity contribution >= 4 is 16.3 Å². The van der Waals surface area contributed by atoms with Crippen LogP contribution in [-0.2, 0) is 20.2 Å². The second kappa shape index (κ2) is 4.98. The van der Waals surface area contributed by atoms with E-state index in [2.05, 4.69) is 25.5 Å². The Kier molecular flexibility index (Phi) is 4.06. The van der Waals surface area contributed by atoms with E-state index in [0.29, 0.717) is 6.29 Å². The van der Waals surface area contributed by atoms with Gasteiger partial charge in [0.25, 0.3) is 0 Å². The molecule has 4 nitrogen and oxygen atoms in total. The van der Waals surface area contributed by atoms with Gasteiger partial charge >= 0.3 is 0 Å². The van der Waals surface area contributed by atoms with E-state index in [4.69, 9.17) is 0 Å². The van der Waals surface area contributed by atoms with Crippen molar-refractivity contribution in [2.45, 2.75) is 31.1 Å². The van der Waals surface area contributed by atoms with Gasteiger partial charge in [0.2, 0.25) is 10.0 Å². The van der Waals surface area contributed by atoms with Gasteiger partial charge in [-0.25, -0.2) is 13.1 Å². The van der Waals surface area contributed by atoms with Crippen molar-refractivity contribution in [3.05, 3.63) is 29.8 Å². The van der Waals surface area contributed by atoms with Crippen LogP contribution in [0.15, 0.2) is 29.2 Å². The van der Waals surface area contributed by atoms with Crippen LogP contribution in [-0.4, -0.2) is 21.2 Å². The molecule has 0 saturated carbocycles. The first kappa shape index (κ1) is 13.9. The Labute approximate surface area is 102 Å². The quantitative estimate of drug-likeness (QED) is 0.828. The van der Waals surface area contributed by atoms with E-state index < -0.39 is 10.0 Å². The molecule has 5 heteroatoms. The van der Waals surface area contributed by atoms with Gasteiger partial charge in [-0.1, -0.05) is 32.9 Å². The lowest BCUT2D eigenvalue weighted by Gasteiger charge is -2.19. The topological polar surface area (TPSA) is 63.2 Å². The third-order valence-corrected chi connectivity index (χ3v) is 3.83. The Hall–Kier alpha value is -1.20. The number of sulfonamides is 1. The lowest BCUT2D eigenvalue weighted by Crippen LogP contribution is -2.25. The summed E-state index contributed by atoms with van der Waals surface area (Å²) in [5.41, 5.74) is 1.05. The molecule has 0 radical (unpaired) electrons. The average molecular weight is 255 g/mol. The van der Waals surface area contributed by atoms with E-state index in [1.165, 1.54) is 0 Å². The molecule has 0 amide bonds. The van der Waals surface area contributed by atoms with E-state index in [-0.39, 0.29) is 16.9 Å². The summed E-state index contributed by atoms with van der Waals surface area (Å²) in [6, 6.07) is 6.67. The number of nitrogens with one attached hydrogen (secondary N) is 1. The highest BCUT2D eigenvalue weighted by molar-refractivity contribution is 7.89. The molecule has 0 heterocycles. The van der Waals surface area contributed by atoms with Crippen molar-refractivity contribution in [1.82, 2.24) is 4.72 Å². The maximum absolute atomic E-state index is 11.7. The van der Waals surface area contributed by atoms with Gasteiger partial charge in [-0.3, -0.25) is 0 Å². The number of rotatable bonds is 4. The zero-order chi connectivity index (χ0) is 13.1. The molecule has 0 spiro atoms. The molecule has 1 aromatic rings. The van der Waals surface area contributed by atoms with Crippen LogP contribution in [0.3, 0.4) is 0 Å². The number of benzene rings is 1. The highest BCUT2D eigenvalue weighted by Crippen LogP contribution is 2.23. The van der Waals surface area contributed by atoms with Gasteiger partial charge in [-0.15, -0.1) is 0 Å². The van der Waals surface area contributed by atoms with E-state index in [1.54, 1.807) is 24.3 Å². The lowest BCUT2D eigenvalue weighted by molar-refractivity contribution is -0.106. The Morgan fingerprint density at radius 1 is 1.18 bits per heavy atom. The van der Waals surface area contributed by atoms with Gasteiger partial charge in [0.1, 0.15) is 6.29 Å². The highest BCUT2D eigenvalue weighted by atomic mass is 32.2. The molecule has 1 aromatic carbocycles. The summed E-state index contributed by atoms with van der Waals surface area (Å²) < 4.78 is 25.6. The summed E-state index contributed by atoms with van der Waals surface area (Å²) in [7, 11) is -3.57. The van der Waals surface area contributed by atoms with Crippen molar-refractivity contribution in [1.29, 1.82) is 0 Å². The van der Waals surface area contributed by atoms with Gasteiger partial charge in [-0.05, 0) is 23.1 Å². The smallest absolute Gasteiger partial charge is 0.240 e. The molecule has 0 fully saturated rings. The predicted molar refractivity (Wildman–Crippen MR) is 66.4 cm³/mol. The van der Waals surface area contributed by atoms with E-state index >= 15 is 0 Å². The van der Waals surface area contributed by atoms with Crippen LogP contribution in [0.1, 0.15) is 26.3 Å². The van der Waals surface area contributed by atoms with E-state index in [1.807, 2.05) is 0 Å². The van der Waals surface area contributed by atoms with Crippen LogP contribution in [0.4, 0.5) is 0 Å². The summed E-state index contributed by atoms with van der Waals surface area (Å²) in [6.07, 6.45) is 0.515. The Bertz CT molecular complexity index is 483. The van der Waals surface area contributed by atoms with Gasteiger partial charge in [0.05, 0.1) is 11.4 Å². The lowest BCUT2D eigenvalue weighted by atomic mass is 9.87. The standard InChI is InChI=1S/C12H17NO3S/c1-12(2,3)10-4-6-11(7-5-10)17(15,16)13-8-9-14/h4-7,9,13H,8H2,1-3H3. The van der Waals surface area contributed by atoms with Crippen molar-refractivity contribution < 1.29 is 13.2 Å². The number of hydrogen-bond acceptors (Lipinski definition) is 3. The van der Waals surface area contributed by atoms with Crippen LogP contribution in [0.5, 0.6) is 0 Å². The fourth-order valence-corrected chi connectivity index (χ4v) is 2.31. The number of aldehydes is 1. The maximum atomic E-state index is 11.7. The van der Waals surface area contributed by atoms with Crippen LogP contribution in [0.25, 0.3) is 0 Å². The van der Waals surface area contributed by atoms with E-state index in [9.17, 15) is 13.2 Å². The molecule has 0 aliphatic heterocycles. The summed E-state index contributed by atoms with van der Waals surface area (Å²) in [5, 5.41) is 0. The summed E-state index contributed by atoms with van der Waals surface area (Å²) >= 11 is 0. The first-order valence-corrected chi connectivity index (χ1v) is 6.79. The van der Waals surface area contributed by atoms with E-state index in [0.717, 1.165) is 5.56 Å². The number of carbonyl (C=O) groups excluding carboxylic acids is 1. The van der Waals surface area contributed by atoms with Crippen LogP contribution >= 0.6 is 0 Å². The zero-order valence-corrected chi connectivity index (χ0v) is 11.0. The van der Waals surface area contributed by atoms with Crippen molar-refractivity contribution in [2.24, 2.45) is 0 Å². The minimum atomic E-state index is -3.57. The van der Waals surface area contributed by atoms with Crippen LogP contribution in [0, 0.1) is 0 Å². The van der Waals surface area contributed by atoms with Crippen LogP contribution in [0.2, 0.25) is 0 Å². The van der Waals surface area contributed by atoms with Crippen LogP contribution < -0.4 is 4.72 Å². The number of carbonyl (C=O) groups is 1. The molecule has 0 unspecified atom stereocenters. The van der Waals surface area contributed by atoms with Gasteiger partial charge in [0.15, 0.2) is 0 Å².